The topological polar surface area (TPSA) is 12.0 Å². The lowest BCUT2D eigenvalue weighted by atomic mass is 10.3. The van der Waals surface area contributed by atoms with Gasteiger partial charge in [0.1, 0.15) is 0 Å². The van der Waals surface area contributed by atoms with Crippen LogP contribution in [-0.4, -0.2) is 13.1 Å². The molecule has 0 radical (unpaired) electrons. The zero-order chi connectivity index (χ0) is 6.95. The Kier molecular flexibility index (Phi) is 27.0. The minimum atomic E-state index is 0. The zero-order valence-corrected chi connectivity index (χ0v) is 9.10. The monoisotopic (exact) mass is 201 g/mol. The molecule has 1 N–H and O–H groups in total. The molecular weight excluding hydrogens is 181 g/mol. The first-order chi connectivity index (χ1) is 4.41. The fourth-order valence-electron chi connectivity index (χ4n) is 0.729. The lowest BCUT2D eigenvalue weighted by Gasteiger charge is -1.99. The number of unbranched alkanes of at least 4 members (excludes halogenated alkanes) is 2. The first kappa shape index (κ1) is 17.6. The van der Waals surface area contributed by atoms with Gasteiger partial charge in [-0.1, -0.05) is 26.7 Å². The van der Waals surface area contributed by atoms with E-state index >= 15 is 0 Å². The van der Waals surface area contributed by atoms with E-state index in [1.54, 1.807) is 0 Å². The second kappa shape index (κ2) is 16.9. The van der Waals surface area contributed by atoms with Gasteiger partial charge < -0.3 is 17.7 Å². The highest BCUT2D eigenvalue weighted by molar-refractivity contribution is 5.85. The first-order valence-corrected chi connectivity index (χ1v) is 4.12. The smallest absolute Gasteiger partial charge is 1.00 e. The van der Waals surface area contributed by atoms with Gasteiger partial charge in [0.05, 0.1) is 0 Å². The molecule has 0 fully saturated rings. The van der Waals surface area contributed by atoms with Gasteiger partial charge >= 0.3 is 1.43 Å². The molecule has 0 aromatic rings. The predicted octanol–water partition coefficient (Wildman–Crippen LogP) is -0.286. The van der Waals surface area contributed by atoms with Crippen LogP contribution in [0.4, 0.5) is 0 Å². The van der Waals surface area contributed by atoms with Crippen LogP contribution in [-0.2, 0) is 0 Å². The van der Waals surface area contributed by atoms with Gasteiger partial charge in [-0.3, -0.25) is 0 Å². The number of hydrogen-bond acceptors (Lipinski definition) is 1. The number of rotatable bonds is 6. The van der Waals surface area contributed by atoms with E-state index in [0.717, 1.165) is 0 Å². The normalized spacial score (nSPS) is 8.18. The molecule has 11 heavy (non-hydrogen) atoms. The Morgan fingerprint density at radius 2 is 1.36 bits per heavy atom. The van der Waals surface area contributed by atoms with Crippen molar-refractivity contribution in [3.63, 3.8) is 0 Å². The molecule has 72 valence electrons. The summed E-state index contributed by atoms with van der Waals surface area (Å²) in [5.41, 5.74) is 0. The summed E-state index contributed by atoms with van der Waals surface area (Å²) in [4.78, 5) is 0. The molecule has 0 aliphatic heterocycles. The molecule has 1 nitrogen and oxygen atoms in total. The van der Waals surface area contributed by atoms with Gasteiger partial charge in [-0.2, -0.15) is 0 Å². The van der Waals surface area contributed by atoms with E-state index in [4.69, 9.17) is 0 Å². The lowest BCUT2D eigenvalue weighted by Crippen LogP contribution is -3.00. The Bertz CT molecular complexity index is 50.3. The Hall–Kier alpha value is 0.540. The Labute approximate surface area is 84.6 Å². The second-order valence-corrected chi connectivity index (χ2v) is 2.46. The summed E-state index contributed by atoms with van der Waals surface area (Å²) in [6.07, 6.45) is 5.26. The maximum Gasteiger partial charge on any atom is 1.00 e. The molecule has 0 aromatic carbocycles. The summed E-state index contributed by atoms with van der Waals surface area (Å²) in [5, 5.41) is 3.39. The highest BCUT2D eigenvalue weighted by atomic mass is 35.5. The molecule has 0 aromatic heterocycles. The van der Waals surface area contributed by atoms with E-state index in [2.05, 4.69) is 19.2 Å². The van der Waals surface area contributed by atoms with Crippen LogP contribution in [0.3, 0.4) is 0 Å². The van der Waals surface area contributed by atoms with Crippen molar-refractivity contribution in [1.82, 2.24) is 5.32 Å². The van der Waals surface area contributed by atoms with Gasteiger partial charge in [-0.15, -0.1) is 12.4 Å². The molecule has 0 saturated heterocycles. The van der Waals surface area contributed by atoms with Gasteiger partial charge in [0, 0.05) is 0 Å². The van der Waals surface area contributed by atoms with Gasteiger partial charge in [-0.05, 0) is 25.9 Å². The van der Waals surface area contributed by atoms with Crippen molar-refractivity contribution in [3.05, 3.63) is 0 Å². The minimum Gasteiger partial charge on any atom is -1.00 e. The van der Waals surface area contributed by atoms with Crippen molar-refractivity contribution in [3.8, 4) is 0 Å². The molecule has 0 aliphatic carbocycles. The van der Waals surface area contributed by atoms with Crippen LogP contribution in [0.25, 0.3) is 0 Å². The van der Waals surface area contributed by atoms with Crippen molar-refractivity contribution in [1.29, 1.82) is 0 Å². The quantitative estimate of drug-likeness (QED) is 0.584. The molecule has 0 heterocycles. The Morgan fingerprint density at radius 1 is 1.00 bits per heavy atom. The van der Waals surface area contributed by atoms with Crippen LogP contribution in [0.5, 0.6) is 0 Å². The fraction of sp³-hybridized carbons (Fsp3) is 1.00. The minimum absolute atomic E-state index is 0. The zero-order valence-electron chi connectivity index (χ0n) is 8.53. The average Bonchev–Trinajstić information content (AvgIpc) is 1.89. The van der Waals surface area contributed by atoms with E-state index in [0.29, 0.717) is 0 Å². The summed E-state index contributed by atoms with van der Waals surface area (Å²) < 4.78 is 0. The summed E-state index contributed by atoms with van der Waals surface area (Å²) in [6.45, 7) is 6.86. The third kappa shape index (κ3) is 18.0. The van der Waals surface area contributed by atoms with Gasteiger partial charge in [0.2, 0.25) is 0 Å². The van der Waals surface area contributed by atoms with E-state index in [-0.39, 0.29) is 26.2 Å². The summed E-state index contributed by atoms with van der Waals surface area (Å²) in [7, 11) is 0. The van der Waals surface area contributed by atoms with E-state index in [9.17, 15) is 0 Å². The predicted molar refractivity (Wildman–Crippen MR) is 51.0 cm³/mol. The van der Waals surface area contributed by atoms with Crippen molar-refractivity contribution in [2.75, 3.05) is 13.1 Å². The molecule has 0 saturated carbocycles. The first-order valence-electron chi connectivity index (χ1n) is 4.12. The van der Waals surface area contributed by atoms with Crippen LogP contribution >= 0.6 is 12.4 Å². The lowest BCUT2D eigenvalue weighted by molar-refractivity contribution is -0.00000232. The molecule has 0 atom stereocenters. The highest BCUT2D eigenvalue weighted by Crippen LogP contribution is 1.85. The van der Waals surface area contributed by atoms with E-state index in [1.807, 2.05) is 0 Å². The Morgan fingerprint density at radius 3 is 1.64 bits per heavy atom. The SMILES string of the molecule is CCCCNCCCC.Cl.[Cl-].[H+]. The van der Waals surface area contributed by atoms with Crippen molar-refractivity contribution in [2.24, 2.45) is 0 Å². The van der Waals surface area contributed by atoms with E-state index < -0.39 is 0 Å². The van der Waals surface area contributed by atoms with Crippen LogP contribution in [0.1, 0.15) is 41.0 Å². The van der Waals surface area contributed by atoms with Gasteiger partial charge in [0.15, 0.2) is 0 Å². The highest BCUT2D eigenvalue weighted by Gasteiger charge is 1.83. The maximum absolute atomic E-state index is 3.39. The van der Waals surface area contributed by atoms with Crippen LogP contribution < -0.4 is 17.7 Å². The second-order valence-electron chi connectivity index (χ2n) is 2.46. The Balaban J connectivity index is -0.000000107. The molecule has 0 bridgehead atoms. The molecule has 0 aliphatic rings. The third-order valence-electron chi connectivity index (χ3n) is 1.41. The number of hydrogen-bond donors (Lipinski definition) is 1. The van der Waals surface area contributed by atoms with Gasteiger partial charge in [-0.25, -0.2) is 0 Å². The molecule has 0 unspecified atom stereocenters. The van der Waals surface area contributed by atoms with E-state index in [1.165, 1.54) is 38.8 Å². The van der Waals surface area contributed by atoms with Crippen LogP contribution in [0.2, 0.25) is 0 Å². The summed E-state index contributed by atoms with van der Waals surface area (Å²) in [5.74, 6) is 0. The van der Waals surface area contributed by atoms with Gasteiger partial charge in [0.25, 0.3) is 0 Å². The maximum atomic E-state index is 3.39. The summed E-state index contributed by atoms with van der Waals surface area (Å²) in [6, 6.07) is 0. The molecular formula is C8H21Cl2N. The molecule has 3 heteroatoms. The average molecular weight is 202 g/mol. The number of nitrogens with one attached hydrogen (secondary N) is 1. The van der Waals surface area contributed by atoms with Crippen molar-refractivity contribution < 1.29 is 13.8 Å². The summed E-state index contributed by atoms with van der Waals surface area (Å²) >= 11 is 0. The van der Waals surface area contributed by atoms with Crippen LogP contribution in [0.15, 0.2) is 0 Å². The van der Waals surface area contributed by atoms with Crippen LogP contribution in [0, 0.1) is 0 Å². The van der Waals surface area contributed by atoms with Crippen molar-refractivity contribution in [2.45, 2.75) is 39.5 Å². The third-order valence-corrected chi connectivity index (χ3v) is 1.41. The standard InChI is InChI=1S/C8H19N.2ClH/c1-3-5-7-9-8-6-4-2;;/h9H,3-8H2,1-2H3;2*1H. The van der Waals surface area contributed by atoms with Crippen molar-refractivity contribution >= 4 is 12.4 Å². The largest absolute Gasteiger partial charge is 1.00 e. The molecule has 0 rings (SSSR count). The molecule has 0 amide bonds. The fourth-order valence-corrected chi connectivity index (χ4v) is 0.729. The number of halogens is 2. The molecule has 0 spiro atoms.